The first-order valence-electron chi connectivity index (χ1n) is 6.92. The summed E-state index contributed by atoms with van der Waals surface area (Å²) in [6, 6.07) is 3.85. The molecule has 1 N–H and O–H groups in total. The van der Waals surface area contributed by atoms with Gasteiger partial charge in [0.15, 0.2) is 5.82 Å². The molecule has 104 valence electrons. The van der Waals surface area contributed by atoms with Crippen LogP contribution in [-0.2, 0) is 12.8 Å². The number of nitrogens with zero attached hydrogens (tertiary/aromatic N) is 4. The highest BCUT2D eigenvalue weighted by Crippen LogP contribution is 2.30. The summed E-state index contributed by atoms with van der Waals surface area (Å²) in [5.41, 5.74) is 3.36. The second-order valence-corrected chi connectivity index (χ2v) is 5.03. The minimum atomic E-state index is 0.125. The quantitative estimate of drug-likeness (QED) is 0.911. The third-order valence-electron chi connectivity index (χ3n) is 3.65. The number of aliphatic hydroxyl groups is 1. The van der Waals surface area contributed by atoms with E-state index in [1.165, 1.54) is 5.56 Å². The number of likely N-dealkylation sites (N-methyl/N-ethyl adjacent to an activating group) is 1. The molecule has 0 radical (unpaired) electrons. The highest BCUT2D eigenvalue weighted by molar-refractivity contribution is 5.60. The second-order valence-electron chi connectivity index (χ2n) is 5.03. The van der Waals surface area contributed by atoms with E-state index in [1.54, 1.807) is 12.4 Å². The summed E-state index contributed by atoms with van der Waals surface area (Å²) >= 11 is 0. The predicted molar refractivity (Wildman–Crippen MR) is 77.6 cm³/mol. The molecular weight excluding hydrogens is 252 g/mol. The van der Waals surface area contributed by atoms with Crippen LogP contribution < -0.4 is 4.90 Å². The van der Waals surface area contributed by atoms with Crippen LogP contribution >= 0.6 is 0 Å². The van der Waals surface area contributed by atoms with E-state index >= 15 is 0 Å². The zero-order chi connectivity index (χ0) is 13.9. The number of aliphatic hydroxyl groups excluding tert-OH is 1. The molecule has 0 fully saturated rings. The van der Waals surface area contributed by atoms with Crippen LogP contribution in [0.1, 0.15) is 17.7 Å². The van der Waals surface area contributed by atoms with Gasteiger partial charge in [0.1, 0.15) is 5.82 Å². The maximum Gasteiger partial charge on any atom is 0.161 e. The van der Waals surface area contributed by atoms with Crippen molar-refractivity contribution in [2.75, 3.05) is 25.1 Å². The maximum atomic E-state index is 9.14. The Morgan fingerprint density at radius 2 is 2.00 bits per heavy atom. The molecule has 0 aromatic carbocycles. The molecule has 0 amide bonds. The Kier molecular flexibility index (Phi) is 3.60. The molecule has 0 bridgehead atoms. The van der Waals surface area contributed by atoms with Crippen LogP contribution in [0.2, 0.25) is 0 Å². The molecule has 0 saturated carbocycles. The van der Waals surface area contributed by atoms with Gasteiger partial charge in [-0.25, -0.2) is 9.97 Å². The van der Waals surface area contributed by atoms with E-state index in [0.29, 0.717) is 6.54 Å². The Morgan fingerprint density at radius 1 is 1.20 bits per heavy atom. The van der Waals surface area contributed by atoms with Crippen LogP contribution in [0, 0.1) is 0 Å². The van der Waals surface area contributed by atoms with Crippen molar-refractivity contribution < 1.29 is 5.11 Å². The Morgan fingerprint density at radius 3 is 2.75 bits per heavy atom. The predicted octanol–water partition coefficient (Wildman–Crippen LogP) is 1.46. The van der Waals surface area contributed by atoms with Crippen molar-refractivity contribution in [2.24, 2.45) is 0 Å². The van der Waals surface area contributed by atoms with E-state index in [0.717, 1.165) is 42.2 Å². The average Bonchev–Trinajstić information content (AvgIpc) is 2.95. The number of pyridine rings is 1. The third kappa shape index (κ3) is 2.36. The average molecular weight is 270 g/mol. The Bertz CT molecular complexity index is 600. The summed E-state index contributed by atoms with van der Waals surface area (Å²) in [4.78, 5) is 15.4. The summed E-state index contributed by atoms with van der Waals surface area (Å²) in [5.74, 6) is 1.70. The van der Waals surface area contributed by atoms with Crippen molar-refractivity contribution >= 4 is 5.82 Å². The number of fused-ring (bicyclic) bond motifs is 1. The molecule has 20 heavy (non-hydrogen) atoms. The van der Waals surface area contributed by atoms with Gasteiger partial charge in [-0.05, 0) is 31.4 Å². The Balaban J connectivity index is 2.07. The number of aromatic nitrogens is 3. The standard InChI is InChI=1S/C15H18N4O/c1-19(9-10-20)15-12-3-2-4-13(12)17-14(18-15)11-5-7-16-8-6-11/h5-8,20H,2-4,9-10H2,1H3. The fourth-order valence-corrected chi connectivity index (χ4v) is 2.61. The normalized spacial score (nSPS) is 13.3. The molecule has 0 atom stereocenters. The number of hydrogen-bond acceptors (Lipinski definition) is 5. The van der Waals surface area contributed by atoms with Crippen molar-refractivity contribution in [3.05, 3.63) is 35.8 Å². The van der Waals surface area contributed by atoms with E-state index in [4.69, 9.17) is 15.1 Å². The minimum Gasteiger partial charge on any atom is -0.395 e. The number of anilines is 1. The molecular formula is C15H18N4O. The lowest BCUT2D eigenvalue weighted by Gasteiger charge is -2.20. The smallest absolute Gasteiger partial charge is 0.161 e. The van der Waals surface area contributed by atoms with Gasteiger partial charge in [-0.1, -0.05) is 0 Å². The monoisotopic (exact) mass is 270 g/mol. The molecule has 3 rings (SSSR count). The number of rotatable bonds is 4. The molecule has 1 aliphatic rings. The molecule has 0 saturated heterocycles. The van der Waals surface area contributed by atoms with Crippen LogP contribution in [-0.4, -0.2) is 40.3 Å². The first kappa shape index (κ1) is 13.0. The molecule has 2 heterocycles. The zero-order valence-electron chi connectivity index (χ0n) is 11.6. The highest BCUT2D eigenvalue weighted by Gasteiger charge is 2.21. The fourth-order valence-electron chi connectivity index (χ4n) is 2.61. The van der Waals surface area contributed by atoms with E-state index in [9.17, 15) is 0 Å². The fraction of sp³-hybridized carbons (Fsp3) is 0.400. The van der Waals surface area contributed by atoms with Gasteiger partial charge >= 0.3 is 0 Å². The van der Waals surface area contributed by atoms with E-state index < -0.39 is 0 Å². The van der Waals surface area contributed by atoms with E-state index in [1.807, 2.05) is 24.1 Å². The molecule has 2 aromatic rings. The van der Waals surface area contributed by atoms with Gasteiger partial charge in [0, 0.05) is 42.8 Å². The Hall–Kier alpha value is -2.01. The molecule has 2 aromatic heterocycles. The molecule has 1 aliphatic carbocycles. The first-order valence-corrected chi connectivity index (χ1v) is 6.92. The van der Waals surface area contributed by atoms with Gasteiger partial charge in [0.2, 0.25) is 0 Å². The zero-order valence-corrected chi connectivity index (χ0v) is 11.6. The topological polar surface area (TPSA) is 62.1 Å². The molecule has 0 aliphatic heterocycles. The molecule has 0 spiro atoms. The van der Waals surface area contributed by atoms with Gasteiger partial charge in [0.25, 0.3) is 0 Å². The van der Waals surface area contributed by atoms with Gasteiger partial charge in [-0.3, -0.25) is 4.98 Å². The molecule has 5 nitrogen and oxygen atoms in total. The second kappa shape index (κ2) is 5.54. The van der Waals surface area contributed by atoms with Crippen LogP contribution in [0.4, 0.5) is 5.82 Å². The third-order valence-corrected chi connectivity index (χ3v) is 3.65. The van der Waals surface area contributed by atoms with Crippen molar-refractivity contribution in [1.82, 2.24) is 15.0 Å². The first-order chi connectivity index (χ1) is 9.79. The molecule has 0 unspecified atom stereocenters. The van der Waals surface area contributed by atoms with Crippen LogP contribution in [0.5, 0.6) is 0 Å². The SMILES string of the molecule is CN(CCO)c1nc(-c2ccncc2)nc2c1CCC2. The lowest BCUT2D eigenvalue weighted by Crippen LogP contribution is -2.24. The van der Waals surface area contributed by atoms with Crippen LogP contribution in [0.25, 0.3) is 11.4 Å². The lowest BCUT2D eigenvalue weighted by molar-refractivity contribution is 0.303. The summed E-state index contributed by atoms with van der Waals surface area (Å²) in [7, 11) is 1.97. The van der Waals surface area contributed by atoms with E-state index in [-0.39, 0.29) is 6.61 Å². The van der Waals surface area contributed by atoms with Gasteiger partial charge in [0.05, 0.1) is 6.61 Å². The lowest BCUT2D eigenvalue weighted by atomic mass is 10.2. The van der Waals surface area contributed by atoms with E-state index in [2.05, 4.69) is 4.98 Å². The highest BCUT2D eigenvalue weighted by atomic mass is 16.3. The van der Waals surface area contributed by atoms with Crippen LogP contribution in [0.3, 0.4) is 0 Å². The summed E-state index contributed by atoms with van der Waals surface area (Å²) < 4.78 is 0. The molecule has 5 heteroatoms. The van der Waals surface area contributed by atoms with Crippen molar-refractivity contribution in [1.29, 1.82) is 0 Å². The van der Waals surface area contributed by atoms with Crippen molar-refractivity contribution in [3.63, 3.8) is 0 Å². The largest absolute Gasteiger partial charge is 0.395 e. The van der Waals surface area contributed by atoms with Gasteiger partial charge in [-0.15, -0.1) is 0 Å². The summed E-state index contributed by atoms with van der Waals surface area (Å²) in [6.07, 6.45) is 6.67. The Labute approximate surface area is 118 Å². The minimum absolute atomic E-state index is 0.125. The number of aryl methyl sites for hydroxylation is 1. The van der Waals surface area contributed by atoms with Gasteiger partial charge in [-0.2, -0.15) is 0 Å². The summed E-state index contributed by atoms with van der Waals surface area (Å²) in [6.45, 7) is 0.707. The summed E-state index contributed by atoms with van der Waals surface area (Å²) in [5, 5.41) is 9.14. The maximum absolute atomic E-state index is 9.14. The van der Waals surface area contributed by atoms with Gasteiger partial charge < -0.3 is 10.0 Å². The number of hydrogen-bond donors (Lipinski definition) is 1. The van der Waals surface area contributed by atoms with Crippen molar-refractivity contribution in [3.8, 4) is 11.4 Å². The van der Waals surface area contributed by atoms with Crippen molar-refractivity contribution in [2.45, 2.75) is 19.3 Å². The van der Waals surface area contributed by atoms with Crippen LogP contribution in [0.15, 0.2) is 24.5 Å².